The number of carbonyl (C=O) groups excluding carboxylic acids is 1. The lowest BCUT2D eigenvalue weighted by atomic mass is 9.91. The van der Waals surface area contributed by atoms with Gasteiger partial charge in [0.15, 0.2) is 0 Å². The molecule has 1 fully saturated rings. The van der Waals surface area contributed by atoms with Gasteiger partial charge >= 0.3 is 5.97 Å². The van der Waals surface area contributed by atoms with Gasteiger partial charge in [0.25, 0.3) is 5.91 Å². The number of nitrogens with zero attached hydrogens (tertiary/aromatic N) is 1. The summed E-state index contributed by atoms with van der Waals surface area (Å²) in [5.41, 5.74) is 1.34. The summed E-state index contributed by atoms with van der Waals surface area (Å²) in [5, 5.41) is 8.66. The maximum absolute atomic E-state index is 12.6. The van der Waals surface area contributed by atoms with Gasteiger partial charge in [-0.25, -0.2) is 4.79 Å². The normalized spacial score (nSPS) is 22.5. The molecule has 1 heterocycles. The Morgan fingerprint density at radius 2 is 2.10 bits per heavy atom. The summed E-state index contributed by atoms with van der Waals surface area (Å²) in [4.78, 5) is 25.1. The molecular formula is C17H21NO3. The van der Waals surface area contributed by atoms with Crippen LogP contribution in [-0.4, -0.2) is 34.5 Å². The first-order valence-corrected chi connectivity index (χ1v) is 7.31. The zero-order valence-corrected chi connectivity index (χ0v) is 12.5. The molecule has 2 atom stereocenters. The van der Waals surface area contributed by atoms with Crippen molar-refractivity contribution in [1.82, 2.24) is 4.90 Å². The fourth-order valence-electron chi connectivity index (χ4n) is 2.73. The molecule has 1 saturated heterocycles. The zero-order chi connectivity index (χ0) is 15.4. The molecular weight excluding hydrogens is 266 g/mol. The highest BCUT2D eigenvalue weighted by Gasteiger charge is 2.28. The summed E-state index contributed by atoms with van der Waals surface area (Å²) in [7, 11) is 0. The fourth-order valence-corrected chi connectivity index (χ4v) is 2.73. The van der Waals surface area contributed by atoms with E-state index in [0.29, 0.717) is 11.5 Å². The number of aliphatic carboxylic acids is 1. The minimum absolute atomic E-state index is 0.0274. The summed E-state index contributed by atoms with van der Waals surface area (Å²) in [6.07, 6.45) is 4.78. The number of rotatable bonds is 3. The lowest BCUT2D eigenvalue weighted by Crippen LogP contribution is -2.46. The highest BCUT2D eigenvalue weighted by Crippen LogP contribution is 2.24. The minimum Gasteiger partial charge on any atom is -0.478 e. The molecule has 1 aliphatic rings. The number of carboxylic acids is 1. The summed E-state index contributed by atoms with van der Waals surface area (Å²) in [6.45, 7) is 5.06. The molecule has 1 aromatic carbocycles. The van der Waals surface area contributed by atoms with E-state index >= 15 is 0 Å². The molecule has 0 aliphatic carbocycles. The number of carbonyl (C=O) groups is 2. The van der Waals surface area contributed by atoms with Crippen molar-refractivity contribution in [2.45, 2.75) is 32.7 Å². The Morgan fingerprint density at radius 1 is 1.33 bits per heavy atom. The van der Waals surface area contributed by atoms with Crippen molar-refractivity contribution in [3.63, 3.8) is 0 Å². The molecule has 0 bridgehead atoms. The van der Waals surface area contributed by atoms with Crippen molar-refractivity contribution in [2.24, 2.45) is 5.92 Å². The van der Waals surface area contributed by atoms with Crippen LogP contribution in [0.4, 0.5) is 0 Å². The number of likely N-dealkylation sites (tertiary alicyclic amines) is 1. The van der Waals surface area contributed by atoms with Crippen LogP contribution < -0.4 is 0 Å². The van der Waals surface area contributed by atoms with Crippen molar-refractivity contribution < 1.29 is 14.7 Å². The Kier molecular flexibility index (Phi) is 4.78. The van der Waals surface area contributed by atoms with Crippen LogP contribution in [0, 0.1) is 5.92 Å². The average Bonchev–Trinajstić information content (AvgIpc) is 2.47. The van der Waals surface area contributed by atoms with E-state index in [1.807, 2.05) is 4.90 Å². The zero-order valence-electron chi connectivity index (χ0n) is 12.5. The third-order valence-electron chi connectivity index (χ3n) is 4.19. The molecule has 1 aromatic rings. The van der Waals surface area contributed by atoms with Gasteiger partial charge in [-0.05, 0) is 49.5 Å². The van der Waals surface area contributed by atoms with E-state index in [1.165, 1.54) is 6.08 Å². The van der Waals surface area contributed by atoms with Gasteiger partial charge in [-0.3, -0.25) is 4.79 Å². The highest BCUT2D eigenvalue weighted by molar-refractivity contribution is 5.95. The summed E-state index contributed by atoms with van der Waals surface area (Å²) in [6, 6.07) is 7.34. The van der Waals surface area contributed by atoms with E-state index in [4.69, 9.17) is 5.11 Å². The lowest BCUT2D eigenvalue weighted by Gasteiger charge is -2.38. The summed E-state index contributed by atoms with van der Waals surface area (Å²) in [5.74, 6) is -0.456. The van der Waals surface area contributed by atoms with Crippen LogP contribution in [0.1, 0.15) is 42.6 Å². The average molecular weight is 287 g/mol. The van der Waals surface area contributed by atoms with E-state index in [1.54, 1.807) is 24.3 Å². The maximum Gasteiger partial charge on any atom is 0.328 e. The molecule has 112 valence electrons. The van der Waals surface area contributed by atoms with Crippen molar-refractivity contribution in [3.05, 3.63) is 41.5 Å². The van der Waals surface area contributed by atoms with Crippen molar-refractivity contribution in [2.75, 3.05) is 6.54 Å². The molecule has 21 heavy (non-hydrogen) atoms. The van der Waals surface area contributed by atoms with Crippen LogP contribution >= 0.6 is 0 Å². The molecule has 1 amide bonds. The van der Waals surface area contributed by atoms with Gasteiger partial charge in [0.1, 0.15) is 0 Å². The molecule has 0 spiro atoms. The number of hydrogen-bond donors (Lipinski definition) is 1. The standard InChI is InChI=1S/C17H21NO3/c1-12-5-4-10-18(13(12)2)17(21)15-7-3-6-14(11-15)8-9-16(19)20/h3,6-9,11-13H,4-5,10H2,1-2H3,(H,19,20). The van der Waals surface area contributed by atoms with Crippen LogP contribution in [0.5, 0.6) is 0 Å². The number of benzene rings is 1. The topological polar surface area (TPSA) is 57.6 Å². The van der Waals surface area contributed by atoms with Gasteiger partial charge in [0.05, 0.1) is 0 Å². The molecule has 1 N–H and O–H groups in total. The molecule has 2 rings (SSSR count). The predicted molar refractivity (Wildman–Crippen MR) is 82.0 cm³/mol. The van der Waals surface area contributed by atoms with Gasteiger partial charge < -0.3 is 10.0 Å². The molecule has 0 saturated carbocycles. The second-order valence-corrected chi connectivity index (χ2v) is 5.66. The number of hydrogen-bond acceptors (Lipinski definition) is 2. The maximum atomic E-state index is 12.6. The first-order valence-electron chi connectivity index (χ1n) is 7.31. The highest BCUT2D eigenvalue weighted by atomic mass is 16.4. The monoisotopic (exact) mass is 287 g/mol. The molecule has 0 aromatic heterocycles. The molecule has 1 aliphatic heterocycles. The molecule has 0 radical (unpaired) electrons. The number of piperidine rings is 1. The first kappa shape index (κ1) is 15.3. The third-order valence-corrected chi connectivity index (χ3v) is 4.19. The quantitative estimate of drug-likeness (QED) is 0.869. The van der Waals surface area contributed by atoms with Gasteiger partial charge in [0, 0.05) is 24.2 Å². The van der Waals surface area contributed by atoms with E-state index in [9.17, 15) is 9.59 Å². The van der Waals surface area contributed by atoms with E-state index in [2.05, 4.69) is 13.8 Å². The Labute approximate surface area is 125 Å². The second-order valence-electron chi connectivity index (χ2n) is 5.66. The van der Waals surface area contributed by atoms with Crippen LogP contribution in [0.25, 0.3) is 6.08 Å². The molecule has 2 unspecified atom stereocenters. The van der Waals surface area contributed by atoms with E-state index in [-0.39, 0.29) is 11.9 Å². The Hall–Kier alpha value is -2.10. The smallest absolute Gasteiger partial charge is 0.328 e. The number of amides is 1. The van der Waals surface area contributed by atoms with Crippen molar-refractivity contribution in [1.29, 1.82) is 0 Å². The fraction of sp³-hybridized carbons (Fsp3) is 0.412. The Balaban J connectivity index is 2.19. The SMILES string of the molecule is CC1CCCN(C(=O)c2cccc(C=CC(=O)O)c2)C1C. The van der Waals surface area contributed by atoms with Crippen LogP contribution in [0.3, 0.4) is 0 Å². The van der Waals surface area contributed by atoms with Gasteiger partial charge in [0.2, 0.25) is 0 Å². The lowest BCUT2D eigenvalue weighted by molar-refractivity contribution is -0.131. The molecule has 4 nitrogen and oxygen atoms in total. The van der Waals surface area contributed by atoms with Gasteiger partial charge in [-0.2, -0.15) is 0 Å². The first-order chi connectivity index (χ1) is 9.99. The second kappa shape index (κ2) is 6.57. The minimum atomic E-state index is -0.995. The number of carboxylic acid groups (broad SMARTS) is 1. The van der Waals surface area contributed by atoms with Crippen LogP contribution in [0.15, 0.2) is 30.3 Å². The summed E-state index contributed by atoms with van der Waals surface area (Å²) < 4.78 is 0. The Bertz CT molecular complexity index is 565. The van der Waals surface area contributed by atoms with Gasteiger partial charge in [-0.1, -0.05) is 19.1 Å². The van der Waals surface area contributed by atoms with E-state index < -0.39 is 5.97 Å². The van der Waals surface area contributed by atoms with Crippen molar-refractivity contribution in [3.8, 4) is 0 Å². The third kappa shape index (κ3) is 3.72. The Morgan fingerprint density at radius 3 is 2.81 bits per heavy atom. The van der Waals surface area contributed by atoms with Crippen LogP contribution in [0.2, 0.25) is 0 Å². The van der Waals surface area contributed by atoms with Gasteiger partial charge in [-0.15, -0.1) is 0 Å². The van der Waals surface area contributed by atoms with E-state index in [0.717, 1.165) is 31.0 Å². The van der Waals surface area contributed by atoms with Crippen molar-refractivity contribution >= 4 is 18.0 Å². The predicted octanol–water partition coefficient (Wildman–Crippen LogP) is 3.05. The molecule has 4 heteroatoms. The largest absolute Gasteiger partial charge is 0.478 e. The summed E-state index contributed by atoms with van der Waals surface area (Å²) >= 11 is 0. The van der Waals surface area contributed by atoms with Crippen LogP contribution in [-0.2, 0) is 4.79 Å².